The van der Waals surface area contributed by atoms with Crippen LogP contribution in [0.3, 0.4) is 0 Å². The quantitative estimate of drug-likeness (QED) is 0.584. The van der Waals surface area contributed by atoms with Crippen LogP contribution in [0.15, 0.2) is 46.2 Å². The maximum absolute atomic E-state index is 12.6. The number of rotatable bonds is 6. The zero-order valence-corrected chi connectivity index (χ0v) is 17.3. The first-order valence-electron chi connectivity index (χ1n) is 10.0. The second-order valence-electron chi connectivity index (χ2n) is 7.49. The van der Waals surface area contributed by atoms with Gasteiger partial charge in [-0.3, -0.25) is 19.1 Å². The van der Waals surface area contributed by atoms with E-state index in [4.69, 9.17) is 4.74 Å². The molecule has 0 N–H and O–H groups in total. The number of aromatic nitrogens is 4. The van der Waals surface area contributed by atoms with Crippen LogP contribution in [-0.4, -0.2) is 64.1 Å². The molecule has 3 aromatic rings. The molecule has 0 saturated carbocycles. The molecule has 9 nitrogen and oxygen atoms in total. The molecule has 30 heavy (non-hydrogen) atoms. The topological polar surface area (TPSA) is 85.5 Å². The Morgan fingerprint density at radius 1 is 1.07 bits per heavy atom. The molecule has 4 rings (SSSR count). The Kier molecular flexibility index (Phi) is 5.91. The average molecular weight is 410 g/mol. The smallest absolute Gasteiger partial charge is 0.266 e. The van der Waals surface area contributed by atoms with Gasteiger partial charge in [-0.25, -0.2) is 9.67 Å². The highest BCUT2D eigenvalue weighted by atomic mass is 16.5. The van der Waals surface area contributed by atoms with E-state index >= 15 is 0 Å². The molecular formula is C21H26N6O3. The highest BCUT2D eigenvalue weighted by molar-refractivity contribution is 5.81. The molecule has 0 unspecified atom stereocenters. The van der Waals surface area contributed by atoms with E-state index in [9.17, 15) is 9.59 Å². The normalized spacial score (nSPS) is 15.1. The molecule has 9 heteroatoms. The minimum Gasteiger partial charge on any atom is -0.383 e. The van der Waals surface area contributed by atoms with Crippen LogP contribution in [0.1, 0.15) is 5.69 Å². The van der Waals surface area contributed by atoms with Crippen LogP contribution in [0.2, 0.25) is 0 Å². The summed E-state index contributed by atoms with van der Waals surface area (Å²) in [6.07, 6.45) is 1.59. The molecule has 1 fully saturated rings. The monoisotopic (exact) mass is 410 g/mol. The van der Waals surface area contributed by atoms with Gasteiger partial charge in [0.05, 0.1) is 36.1 Å². The molecule has 0 radical (unpaired) electrons. The highest BCUT2D eigenvalue weighted by Gasteiger charge is 2.18. The lowest BCUT2D eigenvalue weighted by molar-refractivity contribution is 0.186. The fourth-order valence-corrected chi connectivity index (χ4v) is 3.72. The van der Waals surface area contributed by atoms with Gasteiger partial charge in [-0.2, -0.15) is 5.10 Å². The molecule has 0 bridgehead atoms. The molecule has 0 atom stereocenters. The van der Waals surface area contributed by atoms with Gasteiger partial charge in [0.2, 0.25) is 0 Å². The molecule has 1 aliphatic heterocycles. The summed E-state index contributed by atoms with van der Waals surface area (Å²) in [7, 11) is 3.29. The summed E-state index contributed by atoms with van der Waals surface area (Å²) in [4.78, 5) is 33.2. The molecule has 1 aromatic carbocycles. The summed E-state index contributed by atoms with van der Waals surface area (Å²) in [5.74, 6) is 0. The van der Waals surface area contributed by atoms with E-state index in [2.05, 4.69) is 19.9 Å². The Hall–Kier alpha value is -3.04. The summed E-state index contributed by atoms with van der Waals surface area (Å²) in [5.41, 5.74) is 2.54. The van der Waals surface area contributed by atoms with Gasteiger partial charge in [0.1, 0.15) is 0 Å². The number of methoxy groups -OCH3 is 1. The zero-order chi connectivity index (χ0) is 21.1. The number of hydrogen-bond donors (Lipinski definition) is 0. The number of anilines is 1. The predicted octanol–water partition coefficient (Wildman–Crippen LogP) is 0.459. The lowest BCUT2D eigenvalue weighted by Gasteiger charge is -2.36. The van der Waals surface area contributed by atoms with Crippen molar-refractivity contribution >= 4 is 16.6 Å². The lowest BCUT2D eigenvalue weighted by Crippen LogP contribution is -2.46. The Morgan fingerprint density at radius 2 is 1.87 bits per heavy atom. The van der Waals surface area contributed by atoms with Crippen LogP contribution >= 0.6 is 0 Å². The standard InChI is InChI=1S/C21H26N6O3/c1-24-20(28)6-3-16(23-24)14-25-7-9-26(10-8-25)17-4-5-18-19(13-17)22-15-27(21(18)29)11-12-30-2/h3-6,13,15H,7-12,14H2,1-2H3. The molecule has 0 amide bonds. The first-order valence-corrected chi connectivity index (χ1v) is 10.0. The van der Waals surface area contributed by atoms with Gasteiger partial charge in [-0.05, 0) is 24.3 Å². The number of piperazine rings is 1. The lowest BCUT2D eigenvalue weighted by atomic mass is 10.2. The van der Waals surface area contributed by atoms with E-state index in [1.54, 1.807) is 37.2 Å². The van der Waals surface area contributed by atoms with Gasteiger partial charge in [0, 0.05) is 58.6 Å². The highest BCUT2D eigenvalue weighted by Crippen LogP contribution is 2.20. The predicted molar refractivity (Wildman–Crippen MR) is 115 cm³/mol. The molecule has 1 aliphatic rings. The third-order valence-electron chi connectivity index (χ3n) is 5.48. The molecule has 3 heterocycles. The maximum Gasteiger partial charge on any atom is 0.266 e. The number of hydrogen-bond acceptors (Lipinski definition) is 7. The number of nitrogens with zero attached hydrogens (tertiary/aromatic N) is 6. The third-order valence-corrected chi connectivity index (χ3v) is 5.48. The van der Waals surface area contributed by atoms with E-state index in [0.717, 1.165) is 44.1 Å². The Bertz CT molecular complexity index is 1150. The molecular weight excluding hydrogens is 384 g/mol. The fourth-order valence-electron chi connectivity index (χ4n) is 3.72. The fraction of sp³-hybridized carbons (Fsp3) is 0.429. The van der Waals surface area contributed by atoms with Crippen LogP contribution < -0.4 is 16.0 Å². The summed E-state index contributed by atoms with van der Waals surface area (Å²) < 4.78 is 8.00. The first-order chi connectivity index (χ1) is 14.5. The van der Waals surface area contributed by atoms with E-state index in [1.165, 1.54) is 4.68 Å². The van der Waals surface area contributed by atoms with E-state index in [1.807, 2.05) is 18.2 Å². The average Bonchev–Trinajstić information content (AvgIpc) is 2.76. The molecule has 0 aliphatic carbocycles. The maximum atomic E-state index is 12.6. The summed E-state index contributed by atoms with van der Waals surface area (Å²) in [6, 6.07) is 9.20. The van der Waals surface area contributed by atoms with Crippen molar-refractivity contribution in [2.24, 2.45) is 7.05 Å². The van der Waals surface area contributed by atoms with Gasteiger partial charge in [-0.1, -0.05) is 0 Å². The largest absolute Gasteiger partial charge is 0.383 e. The van der Waals surface area contributed by atoms with Crippen LogP contribution in [0.5, 0.6) is 0 Å². The van der Waals surface area contributed by atoms with Crippen LogP contribution in [0, 0.1) is 0 Å². The zero-order valence-electron chi connectivity index (χ0n) is 17.3. The minimum atomic E-state index is -0.0982. The molecule has 0 spiro atoms. The number of ether oxygens (including phenoxy) is 1. The second kappa shape index (κ2) is 8.76. The third kappa shape index (κ3) is 4.27. The van der Waals surface area contributed by atoms with Gasteiger partial charge in [0.15, 0.2) is 0 Å². The summed E-state index contributed by atoms with van der Waals surface area (Å²) in [5, 5.41) is 4.94. The second-order valence-corrected chi connectivity index (χ2v) is 7.49. The Morgan fingerprint density at radius 3 is 2.60 bits per heavy atom. The van der Waals surface area contributed by atoms with Crippen molar-refractivity contribution in [3.05, 3.63) is 63.1 Å². The van der Waals surface area contributed by atoms with Gasteiger partial charge >= 0.3 is 0 Å². The van der Waals surface area contributed by atoms with Crippen LogP contribution in [0.25, 0.3) is 10.9 Å². The van der Waals surface area contributed by atoms with E-state index < -0.39 is 0 Å². The van der Waals surface area contributed by atoms with Crippen molar-refractivity contribution < 1.29 is 4.74 Å². The first kappa shape index (κ1) is 20.2. The number of benzene rings is 1. The van der Waals surface area contributed by atoms with E-state index in [0.29, 0.717) is 24.1 Å². The van der Waals surface area contributed by atoms with Crippen molar-refractivity contribution in [3.63, 3.8) is 0 Å². The molecule has 2 aromatic heterocycles. The molecule has 1 saturated heterocycles. The van der Waals surface area contributed by atoms with Crippen LogP contribution in [0.4, 0.5) is 5.69 Å². The Labute approximate surface area is 174 Å². The van der Waals surface area contributed by atoms with Gasteiger partial charge in [-0.15, -0.1) is 0 Å². The summed E-state index contributed by atoms with van der Waals surface area (Å²) >= 11 is 0. The van der Waals surface area contributed by atoms with Crippen LogP contribution in [-0.2, 0) is 24.9 Å². The number of fused-ring (bicyclic) bond motifs is 1. The van der Waals surface area contributed by atoms with Crippen molar-refractivity contribution in [1.29, 1.82) is 0 Å². The van der Waals surface area contributed by atoms with Crippen molar-refractivity contribution in [2.75, 3.05) is 44.8 Å². The SMILES string of the molecule is COCCn1cnc2cc(N3CCN(Cc4ccc(=O)n(C)n4)CC3)ccc2c1=O. The van der Waals surface area contributed by atoms with E-state index in [-0.39, 0.29) is 11.1 Å². The minimum absolute atomic E-state index is 0.0434. The van der Waals surface area contributed by atoms with Gasteiger partial charge < -0.3 is 9.64 Å². The van der Waals surface area contributed by atoms with Gasteiger partial charge in [0.25, 0.3) is 11.1 Å². The number of aryl methyl sites for hydroxylation is 1. The van der Waals surface area contributed by atoms with Crippen molar-refractivity contribution in [1.82, 2.24) is 24.2 Å². The summed E-state index contributed by atoms with van der Waals surface area (Å²) in [6.45, 7) is 5.24. The van der Waals surface area contributed by atoms with Crippen molar-refractivity contribution in [3.8, 4) is 0 Å². The Balaban J connectivity index is 1.43. The molecule has 158 valence electrons. The van der Waals surface area contributed by atoms with Crippen molar-refractivity contribution in [2.45, 2.75) is 13.1 Å².